The van der Waals surface area contributed by atoms with Gasteiger partial charge in [-0.3, -0.25) is 4.79 Å². The van der Waals surface area contributed by atoms with E-state index in [0.717, 1.165) is 17.1 Å². The van der Waals surface area contributed by atoms with Crippen molar-refractivity contribution in [1.29, 1.82) is 0 Å². The molecule has 3 N–H and O–H groups in total. The van der Waals surface area contributed by atoms with Crippen molar-refractivity contribution < 1.29 is 19.6 Å². The number of rotatable bonds is 10. The maximum Gasteiger partial charge on any atom is 0.275 e. The van der Waals surface area contributed by atoms with Crippen LogP contribution in [0.5, 0.6) is 11.5 Å². The third-order valence-electron chi connectivity index (χ3n) is 3.88. The molecule has 0 fully saturated rings. The van der Waals surface area contributed by atoms with Gasteiger partial charge in [0.15, 0.2) is 6.54 Å². The van der Waals surface area contributed by atoms with Crippen LogP contribution >= 0.6 is 11.6 Å². The minimum Gasteiger partial charge on any atom is -0.494 e. The van der Waals surface area contributed by atoms with E-state index in [1.165, 1.54) is 0 Å². The van der Waals surface area contributed by atoms with E-state index >= 15 is 0 Å². The van der Waals surface area contributed by atoms with E-state index in [1.54, 1.807) is 0 Å². The van der Waals surface area contributed by atoms with Crippen LogP contribution in [-0.4, -0.2) is 32.2 Å². The molecular formula is C20H26ClN2O3+. The molecule has 0 aliphatic heterocycles. The third-order valence-corrected chi connectivity index (χ3v) is 4.13. The molecule has 0 aromatic heterocycles. The Hall–Kier alpha value is -2.24. The van der Waals surface area contributed by atoms with E-state index in [0.29, 0.717) is 31.3 Å². The van der Waals surface area contributed by atoms with Crippen LogP contribution in [0.4, 0.5) is 0 Å². The molecule has 0 saturated carbocycles. The predicted octanol–water partition coefficient (Wildman–Crippen LogP) is 2.56. The molecule has 0 radical (unpaired) electrons. The maximum atomic E-state index is 11.9. The third kappa shape index (κ3) is 6.94. The van der Waals surface area contributed by atoms with Gasteiger partial charge in [0.05, 0.1) is 13.2 Å². The zero-order valence-corrected chi connectivity index (χ0v) is 16.0. The first-order chi connectivity index (χ1) is 12.6. The molecule has 0 spiro atoms. The number of halogens is 1. The van der Waals surface area contributed by atoms with E-state index < -0.39 is 0 Å². The smallest absolute Gasteiger partial charge is 0.275 e. The Bertz CT molecular complexity index is 674. The summed E-state index contributed by atoms with van der Waals surface area (Å²) in [6, 6.07) is 15.3. The van der Waals surface area contributed by atoms with E-state index in [-0.39, 0.29) is 11.9 Å². The Labute approximate surface area is 159 Å². The molecule has 5 nitrogen and oxygen atoms in total. The normalized spacial score (nSPS) is 11.7. The second-order valence-electron chi connectivity index (χ2n) is 5.88. The van der Waals surface area contributed by atoms with Crippen molar-refractivity contribution in [3.63, 3.8) is 0 Å². The van der Waals surface area contributed by atoms with Crippen molar-refractivity contribution in [2.24, 2.45) is 0 Å². The molecular weight excluding hydrogens is 352 g/mol. The summed E-state index contributed by atoms with van der Waals surface area (Å²) in [5.41, 5.74) is 1.14. The molecule has 2 aromatic rings. The van der Waals surface area contributed by atoms with Crippen LogP contribution in [0, 0.1) is 0 Å². The maximum absolute atomic E-state index is 11.9. The van der Waals surface area contributed by atoms with Crippen molar-refractivity contribution in [1.82, 2.24) is 5.32 Å². The lowest BCUT2D eigenvalue weighted by molar-refractivity contribution is -0.682. The second-order valence-corrected chi connectivity index (χ2v) is 6.32. The van der Waals surface area contributed by atoms with Crippen molar-refractivity contribution in [3.8, 4) is 11.5 Å². The number of hydrogen-bond donors (Lipinski definition) is 2. The van der Waals surface area contributed by atoms with Crippen LogP contribution in [0.1, 0.15) is 25.5 Å². The Morgan fingerprint density at radius 1 is 1.08 bits per heavy atom. The van der Waals surface area contributed by atoms with Gasteiger partial charge in [-0.25, -0.2) is 0 Å². The monoisotopic (exact) mass is 377 g/mol. The van der Waals surface area contributed by atoms with Gasteiger partial charge in [-0.2, -0.15) is 0 Å². The first-order valence-electron chi connectivity index (χ1n) is 8.79. The lowest BCUT2D eigenvalue weighted by Gasteiger charge is -2.12. The molecule has 1 atom stereocenters. The highest BCUT2D eigenvalue weighted by atomic mass is 35.5. The zero-order valence-electron chi connectivity index (χ0n) is 15.2. The molecule has 0 heterocycles. The quantitative estimate of drug-likeness (QED) is 0.625. The van der Waals surface area contributed by atoms with Gasteiger partial charge in [0.1, 0.15) is 24.1 Å². The number of nitrogens with one attached hydrogen (secondary N) is 1. The number of carbonyl (C=O) groups excluding carboxylic acids is 1. The van der Waals surface area contributed by atoms with Gasteiger partial charge in [0.25, 0.3) is 5.91 Å². The van der Waals surface area contributed by atoms with E-state index in [4.69, 9.17) is 21.1 Å². The second kappa shape index (κ2) is 10.7. The molecule has 2 rings (SSSR count). The molecule has 140 valence electrons. The Morgan fingerprint density at radius 3 is 2.31 bits per heavy atom. The van der Waals surface area contributed by atoms with Crippen molar-refractivity contribution in [3.05, 3.63) is 59.1 Å². The van der Waals surface area contributed by atoms with E-state index in [1.807, 2.05) is 60.8 Å². The van der Waals surface area contributed by atoms with Crippen LogP contribution in [0.2, 0.25) is 5.02 Å². The van der Waals surface area contributed by atoms with Gasteiger partial charge in [0, 0.05) is 10.6 Å². The van der Waals surface area contributed by atoms with Crippen LogP contribution < -0.4 is 20.1 Å². The first-order valence-corrected chi connectivity index (χ1v) is 9.17. The standard InChI is InChI=1S/C20H25ClN2O3/c1-3-25-18-8-10-19(11-9-18)26-13-12-22-20(24)14-23-15(2)16-4-6-17(21)7-5-16/h4-11,15,23H,3,12-14H2,1-2H3,(H,22,24)/p+1/t15-/m1/s1. The summed E-state index contributed by atoms with van der Waals surface area (Å²) < 4.78 is 11.0. The molecule has 0 saturated heterocycles. The summed E-state index contributed by atoms with van der Waals surface area (Å²) in [7, 11) is 0. The number of quaternary nitrogens is 1. The summed E-state index contributed by atoms with van der Waals surface area (Å²) in [6.45, 7) is 5.90. The van der Waals surface area contributed by atoms with Gasteiger partial charge in [0.2, 0.25) is 0 Å². The van der Waals surface area contributed by atoms with Gasteiger partial charge in [-0.1, -0.05) is 23.7 Å². The Balaban J connectivity index is 1.62. The highest BCUT2D eigenvalue weighted by Crippen LogP contribution is 2.17. The summed E-state index contributed by atoms with van der Waals surface area (Å²) in [5.74, 6) is 1.56. The molecule has 1 amide bonds. The molecule has 0 aliphatic rings. The number of benzene rings is 2. The number of carbonyl (C=O) groups is 1. The molecule has 0 unspecified atom stereocenters. The fourth-order valence-electron chi connectivity index (χ4n) is 2.42. The zero-order chi connectivity index (χ0) is 18.8. The van der Waals surface area contributed by atoms with E-state index in [9.17, 15) is 4.79 Å². The van der Waals surface area contributed by atoms with Crippen LogP contribution in [0.3, 0.4) is 0 Å². The fraction of sp³-hybridized carbons (Fsp3) is 0.350. The summed E-state index contributed by atoms with van der Waals surface area (Å²) in [6.07, 6.45) is 0. The first kappa shape index (κ1) is 20.1. The van der Waals surface area contributed by atoms with Gasteiger partial charge >= 0.3 is 0 Å². The molecule has 2 aromatic carbocycles. The van der Waals surface area contributed by atoms with Crippen molar-refractivity contribution in [2.45, 2.75) is 19.9 Å². The lowest BCUT2D eigenvalue weighted by Crippen LogP contribution is -2.87. The van der Waals surface area contributed by atoms with Gasteiger partial charge in [-0.15, -0.1) is 0 Å². The summed E-state index contributed by atoms with van der Waals surface area (Å²) in [4.78, 5) is 11.9. The van der Waals surface area contributed by atoms with Crippen LogP contribution in [0.25, 0.3) is 0 Å². The number of hydrogen-bond acceptors (Lipinski definition) is 3. The number of amides is 1. The molecule has 6 heteroatoms. The highest BCUT2D eigenvalue weighted by molar-refractivity contribution is 6.30. The number of nitrogens with two attached hydrogens (primary N) is 1. The highest BCUT2D eigenvalue weighted by Gasteiger charge is 2.11. The Morgan fingerprint density at radius 2 is 1.69 bits per heavy atom. The van der Waals surface area contributed by atoms with Crippen LogP contribution in [-0.2, 0) is 4.79 Å². The van der Waals surface area contributed by atoms with Gasteiger partial charge in [-0.05, 0) is 50.2 Å². The lowest BCUT2D eigenvalue weighted by atomic mass is 10.1. The van der Waals surface area contributed by atoms with Gasteiger partial charge < -0.3 is 20.1 Å². The largest absolute Gasteiger partial charge is 0.494 e. The summed E-state index contributed by atoms with van der Waals surface area (Å²) >= 11 is 5.89. The van der Waals surface area contributed by atoms with E-state index in [2.05, 4.69) is 12.2 Å². The topological polar surface area (TPSA) is 64.2 Å². The number of ether oxygens (including phenoxy) is 2. The molecule has 0 aliphatic carbocycles. The SMILES string of the molecule is CCOc1ccc(OCCNC(=O)C[NH2+][C@H](C)c2ccc(Cl)cc2)cc1. The average molecular weight is 378 g/mol. The Kier molecular flexibility index (Phi) is 8.25. The van der Waals surface area contributed by atoms with Crippen molar-refractivity contribution >= 4 is 17.5 Å². The minimum atomic E-state index is -0.0129. The van der Waals surface area contributed by atoms with Crippen LogP contribution in [0.15, 0.2) is 48.5 Å². The minimum absolute atomic E-state index is 0.0129. The average Bonchev–Trinajstić information content (AvgIpc) is 2.65. The summed E-state index contributed by atoms with van der Waals surface area (Å²) in [5, 5.41) is 5.57. The predicted molar refractivity (Wildman–Crippen MR) is 103 cm³/mol. The molecule has 26 heavy (non-hydrogen) atoms. The molecule has 0 bridgehead atoms. The fourth-order valence-corrected chi connectivity index (χ4v) is 2.54. The van der Waals surface area contributed by atoms with Crippen molar-refractivity contribution in [2.75, 3.05) is 26.3 Å².